The van der Waals surface area contributed by atoms with Crippen LogP contribution in [-0.2, 0) is 5.75 Å². The molecular formula is C14H16N6OS+2. The predicted molar refractivity (Wildman–Crippen MR) is 82.4 cm³/mol. The van der Waals surface area contributed by atoms with Crippen LogP contribution >= 0.6 is 11.8 Å². The number of rotatable bonds is 4. The molecule has 2 aromatic heterocycles. The van der Waals surface area contributed by atoms with Gasteiger partial charge in [-0.1, -0.05) is 35.0 Å². The van der Waals surface area contributed by atoms with E-state index in [1.165, 1.54) is 17.3 Å². The van der Waals surface area contributed by atoms with Gasteiger partial charge in [0, 0.05) is 5.56 Å². The summed E-state index contributed by atoms with van der Waals surface area (Å²) in [5.74, 6) is 2.60. The zero-order chi connectivity index (χ0) is 15.5. The van der Waals surface area contributed by atoms with Crippen LogP contribution in [0, 0.1) is 6.92 Å². The molecule has 22 heavy (non-hydrogen) atoms. The van der Waals surface area contributed by atoms with Gasteiger partial charge >= 0.3 is 11.0 Å². The van der Waals surface area contributed by atoms with E-state index in [1.807, 2.05) is 31.2 Å². The molecule has 2 heterocycles. The molecular weight excluding hydrogens is 300 g/mol. The first-order valence-electron chi connectivity index (χ1n) is 6.63. The minimum absolute atomic E-state index is 0.490. The lowest BCUT2D eigenvalue weighted by Crippen LogP contribution is -2.26. The van der Waals surface area contributed by atoms with Crippen molar-refractivity contribution in [2.24, 2.45) is 0 Å². The number of aromatic amines is 2. The number of nitrogens with zero attached hydrogens (tertiary/aromatic N) is 2. The van der Waals surface area contributed by atoms with E-state index in [4.69, 9.17) is 16.0 Å². The van der Waals surface area contributed by atoms with Crippen LogP contribution in [0.15, 0.2) is 40.0 Å². The number of hydrogen-bond donors (Lipinski definition) is 2. The maximum Gasteiger partial charge on any atom is 0.375 e. The Bertz CT molecular complexity index is 766. The summed E-state index contributed by atoms with van der Waals surface area (Å²) in [4.78, 5) is 10.3. The zero-order valence-corrected chi connectivity index (χ0v) is 12.8. The summed E-state index contributed by atoms with van der Waals surface area (Å²) >= 11 is 1.45. The van der Waals surface area contributed by atoms with Crippen molar-refractivity contribution in [2.75, 3.05) is 11.5 Å². The van der Waals surface area contributed by atoms with E-state index in [9.17, 15) is 0 Å². The molecule has 0 fully saturated rings. The van der Waals surface area contributed by atoms with Crippen LogP contribution in [0.3, 0.4) is 0 Å². The van der Waals surface area contributed by atoms with Gasteiger partial charge in [-0.25, -0.2) is 0 Å². The normalized spacial score (nSPS) is 10.8. The molecule has 0 aliphatic heterocycles. The second kappa shape index (κ2) is 6.02. The Balaban J connectivity index is 1.70. The van der Waals surface area contributed by atoms with Crippen LogP contribution in [0.25, 0.3) is 11.4 Å². The number of hydrogen-bond acceptors (Lipinski definition) is 6. The molecule has 0 amide bonds. The van der Waals surface area contributed by atoms with Crippen molar-refractivity contribution in [1.82, 2.24) is 10.1 Å². The van der Waals surface area contributed by atoms with Crippen LogP contribution in [0.1, 0.15) is 11.5 Å². The Morgan fingerprint density at radius 3 is 2.50 bits per heavy atom. The quantitative estimate of drug-likeness (QED) is 0.550. The molecule has 0 aliphatic carbocycles. The van der Waals surface area contributed by atoms with Crippen molar-refractivity contribution in [3.8, 4) is 11.4 Å². The summed E-state index contributed by atoms with van der Waals surface area (Å²) in [6.07, 6.45) is 0. The summed E-state index contributed by atoms with van der Waals surface area (Å²) in [6, 6.07) is 9.58. The standard InChI is InChI=1S/C14H14N6OS/c1-8-2-4-9(5-3-8)13-19-12(21-20-13)7-22-14-17-10(15)6-11(16)18-14/h2-6H,7H2,1H3,(H4,15,16,17,18)/p+2. The highest BCUT2D eigenvalue weighted by molar-refractivity contribution is 7.98. The smallest absolute Gasteiger partial charge is 0.359 e. The van der Waals surface area contributed by atoms with E-state index in [0.29, 0.717) is 29.1 Å². The second-order valence-electron chi connectivity index (χ2n) is 4.80. The van der Waals surface area contributed by atoms with Gasteiger partial charge in [0.25, 0.3) is 0 Å². The van der Waals surface area contributed by atoms with E-state index >= 15 is 0 Å². The average Bonchev–Trinajstić information content (AvgIpc) is 2.94. The van der Waals surface area contributed by atoms with E-state index in [0.717, 1.165) is 10.7 Å². The third-order valence-corrected chi connectivity index (χ3v) is 3.83. The highest BCUT2D eigenvalue weighted by Crippen LogP contribution is 2.20. The topological polar surface area (TPSA) is 119 Å². The number of aromatic nitrogens is 4. The number of H-pyrrole nitrogens is 2. The van der Waals surface area contributed by atoms with Crippen LogP contribution in [-0.4, -0.2) is 10.1 Å². The highest BCUT2D eigenvalue weighted by atomic mass is 32.2. The Morgan fingerprint density at radius 1 is 1.14 bits per heavy atom. The van der Waals surface area contributed by atoms with Crippen molar-refractivity contribution < 1.29 is 14.5 Å². The van der Waals surface area contributed by atoms with Gasteiger partial charge in [-0.05, 0) is 18.7 Å². The Labute approximate surface area is 131 Å². The molecule has 0 bridgehead atoms. The summed E-state index contributed by atoms with van der Waals surface area (Å²) in [6.45, 7) is 2.03. The van der Waals surface area contributed by atoms with E-state index < -0.39 is 0 Å². The largest absolute Gasteiger partial charge is 0.375 e. The molecule has 0 radical (unpaired) electrons. The first-order chi connectivity index (χ1) is 10.6. The molecule has 1 aromatic carbocycles. The number of nitrogens with one attached hydrogen (secondary N) is 2. The number of anilines is 2. The third-order valence-electron chi connectivity index (χ3n) is 2.94. The maximum atomic E-state index is 5.70. The number of benzene rings is 1. The Kier molecular flexibility index (Phi) is 3.92. The summed E-state index contributed by atoms with van der Waals surface area (Å²) in [7, 11) is 0. The number of thioether (sulfide) groups is 1. The minimum Gasteiger partial charge on any atom is -0.359 e. The van der Waals surface area contributed by atoms with Crippen molar-refractivity contribution in [3.63, 3.8) is 0 Å². The number of nitrogen functional groups attached to an aromatic ring is 2. The van der Waals surface area contributed by atoms with E-state index in [2.05, 4.69) is 20.1 Å². The lowest BCUT2D eigenvalue weighted by atomic mass is 10.1. The first kappa shape index (κ1) is 14.3. The van der Waals surface area contributed by atoms with Gasteiger partial charge in [-0.2, -0.15) is 15.0 Å². The van der Waals surface area contributed by atoms with Gasteiger partial charge < -0.3 is 10.3 Å². The van der Waals surface area contributed by atoms with Crippen molar-refractivity contribution in [2.45, 2.75) is 17.8 Å². The second-order valence-corrected chi connectivity index (χ2v) is 5.79. The van der Waals surface area contributed by atoms with Gasteiger partial charge in [0.1, 0.15) is 6.07 Å². The molecule has 0 saturated heterocycles. The van der Waals surface area contributed by atoms with Crippen LogP contribution in [0.2, 0.25) is 0 Å². The molecule has 8 heteroatoms. The van der Waals surface area contributed by atoms with Crippen molar-refractivity contribution in [1.29, 1.82) is 0 Å². The van der Waals surface area contributed by atoms with Gasteiger partial charge in [0.2, 0.25) is 17.5 Å². The molecule has 112 valence electrons. The van der Waals surface area contributed by atoms with Gasteiger partial charge in [0.05, 0.1) is 5.75 Å². The fourth-order valence-corrected chi connectivity index (χ4v) is 2.64. The highest BCUT2D eigenvalue weighted by Gasteiger charge is 2.15. The fourth-order valence-electron chi connectivity index (χ4n) is 1.87. The summed E-state index contributed by atoms with van der Waals surface area (Å²) in [5, 5.41) is 4.72. The van der Waals surface area contributed by atoms with Crippen LogP contribution in [0.4, 0.5) is 11.6 Å². The van der Waals surface area contributed by atoms with E-state index in [1.54, 1.807) is 6.07 Å². The Hall–Kier alpha value is -2.61. The molecule has 6 N–H and O–H groups in total. The molecule has 3 rings (SSSR count). The van der Waals surface area contributed by atoms with Crippen LogP contribution < -0.4 is 21.4 Å². The molecule has 0 aliphatic rings. The Morgan fingerprint density at radius 2 is 1.82 bits per heavy atom. The van der Waals surface area contributed by atoms with Crippen molar-refractivity contribution in [3.05, 3.63) is 41.8 Å². The zero-order valence-electron chi connectivity index (χ0n) is 12.0. The molecule has 3 aromatic rings. The molecule has 7 nitrogen and oxygen atoms in total. The fraction of sp³-hybridized carbons (Fsp3) is 0.143. The predicted octanol–water partition coefficient (Wildman–Crippen LogP) is 1.13. The van der Waals surface area contributed by atoms with Crippen molar-refractivity contribution >= 4 is 23.4 Å². The minimum atomic E-state index is 0.490. The molecule has 0 spiro atoms. The molecule has 0 saturated carbocycles. The lowest BCUT2D eigenvalue weighted by Gasteiger charge is -1.94. The average molecular weight is 316 g/mol. The van der Waals surface area contributed by atoms with Crippen LogP contribution in [0.5, 0.6) is 0 Å². The lowest BCUT2D eigenvalue weighted by molar-refractivity contribution is -0.590. The summed E-state index contributed by atoms with van der Waals surface area (Å²) < 4.78 is 5.26. The van der Waals surface area contributed by atoms with E-state index in [-0.39, 0.29) is 0 Å². The number of nitrogens with two attached hydrogens (primary N) is 2. The number of aryl methyl sites for hydroxylation is 1. The SMILES string of the molecule is Cc1ccc(-c2noc(CSc3[nH+]c(N)cc(N)[nH+]3)n2)cc1. The first-order valence-corrected chi connectivity index (χ1v) is 7.62. The third kappa shape index (κ3) is 3.34. The summed E-state index contributed by atoms with van der Waals surface area (Å²) in [5.41, 5.74) is 13.5. The molecule has 0 atom stereocenters. The van der Waals surface area contributed by atoms with Gasteiger partial charge in [-0.3, -0.25) is 5.73 Å². The monoisotopic (exact) mass is 316 g/mol. The van der Waals surface area contributed by atoms with Gasteiger partial charge in [-0.15, -0.1) is 0 Å². The molecule has 0 unspecified atom stereocenters. The maximum absolute atomic E-state index is 5.70. The van der Waals surface area contributed by atoms with Gasteiger partial charge in [0.15, 0.2) is 0 Å².